The zero-order chi connectivity index (χ0) is 35.0. The monoisotopic (exact) mass is 936 g/mol. The van der Waals surface area contributed by atoms with Crippen molar-refractivity contribution in [3.8, 4) is 11.5 Å². The van der Waals surface area contributed by atoms with Crippen LogP contribution < -0.4 is 14.8 Å². The van der Waals surface area contributed by atoms with E-state index in [-0.39, 0.29) is 35.9 Å². The predicted molar refractivity (Wildman–Crippen MR) is 214 cm³/mol. The third kappa shape index (κ3) is 7.67. The summed E-state index contributed by atoms with van der Waals surface area (Å²) in [5.41, 5.74) is 3.34. The second-order valence-electron chi connectivity index (χ2n) is 13.4. The van der Waals surface area contributed by atoms with Gasteiger partial charge in [-0.3, -0.25) is 4.79 Å². The smallest absolute Gasteiger partial charge is 0.339 e. The fourth-order valence-corrected chi connectivity index (χ4v) is 8.57. The van der Waals surface area contributed by atoms with E-state index in [9.17, 15) is 14.4 Å². The lowest BCUT2D eigenvalue weighted by Gasteiger charge is -2.43. The number of benzene rings is 4. The van der Waals surface area contributed by atoms with E-state index >= 15 is 0 Å². The molecule has 1 N–H and O–H groups in total. The number of likely N-dealkylation sites (tertiary alicyclic amines) is 1. The van der Waals surface area contributed by atoms with Crippen molar-refractivity contribution in [3.05, 3.63) is 102 Å². The minimum atomic E-state index is -0.544. The SMILES string of the molecule is COc1cc(C(=O)N2CCC3(CC2)Cc2ccc(I)cc2C(=O)O3)cc2c(OC)cccc12.Cl.O=C1OC2(CCNCC2)Cc2ccc(I)cc21. The van der Waals surface area contributed by atoms with Crippen molar-refractivity contribution in [3.63, 3.8) is 0 Å². The van der Waals surface area contributed by atoms with Crippen LogP contribution in [0, 0.1) is 7.14 Å². The van der Waals surface area contributed by atoms with E-state index in [2.05, 4.69) is 62.6 Å². The molecule has 1 amide bonds. The largest absolute Gasteiger partial charge is 0.496 e. The molecule has 2 saturated heterocycles. The maximum absolute atomic E-state index is 13.4. The second-order valence-corrected chi connectivity index (χ2v) is 15.9. The standard InChI is InChI=1S/C26H24INO5.C13H14INO2.ClH/c1-31-22-5-3-4-19-21(22)12-17(13-23(19)32-2)24(29)28-10-8-26(9-11-28)15-16-6-7-18(27)14-20(16)25(30)33-26;14-10-2-1-9-8-13(3-5-15-6-4-13)17-12(16)11(9)7-10;/h3-7,12-14H,8-11,15H2,1-2H3;1-2,7,15H,3-6,8H2;1H. The topological polar surface area (TPSA) is 103 Å². The van der Waals surface area contributed by atoms with Crippen LogP contribution in [-0.2, 0) is 22.3 Å². The molecule has 4 aliphatic rings. The highest BCUT2D eigenvalue weighted by Crippen LogP contribution is 2.39. The predicted octanol–water partition coefficient (Wildman–Crippen LogP) is 7.40. The zero-order valence-electron chi connectivity index (χ0n) is 28.4. The number of carbonyl (C=O) groups excluding carboxylic acids is 3. The van der Waals surface area contributed by atoms with E-state index in [0.717, 1.165) is 67.0 Å². The summed E-state index contributed by atoms with van der Waals surface area (Å²) in [7, 11) is 3.22. The summed E-state index contributed by atoms with van der Waals surface area (Å²) in [5, 5.41) is 5.05. The first-order valence-electron chi connectivity index (χ1n) is 16.8. The van der Waals surface area contributed by atoms with Gasteiger partial charge in [0.1, 0.15) is 22.7 Å². The molecule has 0 radical (unpaired) electrons. The third-order valence-corrected chi connectivity index (χ3v) is 11.7. The number of hydrogen-bond acceptors (Lipinski definition) is 8. The fraction of sp³-hybridized carbons (Fsp3) is 0.359. The molecular formula is C39H39ClI2N2O7. The number of rotatable bonds is 3. The van der Waals surface area contributed by atoms with Crippen LogP contribution in [0.3, 0.4) is 0 Å². The van der Waals surface area contributed by atoms with Gasteiger partial charge in [0.05, 0.1) is 25.3 Å². The van der Waals surface area contributed by atoms with Crippen LogP contribution in [0.4, 0.5) is 0 Å². The van der Waals surface area contributed by atoms with E-state index in [4.69, 9.17) is 18.9 Å². The number of amides is 1. The summed E-state index contributed by atoms with van der Waals surface area (Å²) in [6.07, 6.45) is 4.63. The molecular weight excluding hydrogens is 898 g/mol. The van der Waals surface area contributed by atoms with Gasteiger partial charge in [0, 0.05) is 75.1 Å². The Bertz CT molecular complexity index is 1990. The number of fused-ring (bicyclic) bond motifs is 3. The first kappa shape index (κ1) is 37.6. The van der Waals surface area contributed by atoms with Crippen LogP contribution in [0.1, 0.15) is 67.9 Å². The summed E-state index contributed by atoms with van der Waals surface area (Å²) in [6, 6.07) is 21.3. The van der Waals surface area contributed by atoms with Gasteiger partial charge in [-0.25, -0.2) is 9.59 Å². The van der Waals surface area contributed by atoms with Crippen molar-refractivity contribution < 1.29 is 33.3 Å². The number of piperidine rings is 2. The Morgan fingerprint density at radius 2 is 1.27 bits per heavy atom. The Hall–Kier alpha value is -3.14. The molecule has 0 bridgehead atoms. The average molecular weight is 937 g/mol. The van der Waals surface area contributed by atoms with Crippen LogP contribution in [0.2, 0.25) is 0 Å². The number of halogens is 3. The van der Waals surface area contributed by atoms with Gasteiger partial charge in [-0.15, -0.1) is 12.4 Å². The molecule has 4 aromatic carbocycles. The van der Waals surface area contributed by atoms with E-state index in [0.29, 0.717) is 55.0 Å². The van der Waals surface area contributed by atoms with Crippen molar-refractivity contribution in [1.29, 1.82) is 0 Å². The molecule has 8 rings (SSSR count). The van der Waals surface area contributed by atoms with E-state index in [1.165, 1.54) is 0 Å². The number of hydrogen-bond donors (Lipinski definition) is 1. The summed E-state index contributed by atoms with van der Waals surface area (Å²) in [6.45, 7) is 2.93. The number of nitrogens with zero attached hydrogens (tertiary/aromatic N) is 1. The van der Waals surface area contributed by atoms with E-state index in [1.807, 2.05) is 53.4 Å². The van der Waals surface area contributed by atoms with Crippen molar-refractivity contribution in [2.24, 2.45) is 0 Å². The van der Waals surface area contributed by atoms with Gasteiger partial charge < -0.3 is 29.2 Å². The summed E-state index contributed by atoms with van der Waals surface area (Å²) < 4.78 is 24.8. The Morgan fingerprint density at radius 3 is 1.82 bits per heavy atom. The number of methoxy groups -OCH3 is 2. The molecule has 0 aliphatic carbocycles. The highest BCUT2D eigenvalue weighted by molar-refractivity contribution is 14.1. The highest BCUT2D eigenvalue weighted by Gasteiger charge is 2.44. The summed E-state index contributed by atoms with van der Waals surface area (Å²) >= 11 is 4.43. The zero-order valence-corrected chi connectivity index (χ0v) is 33.5. The normalized spacial score (nSPS) is 18.3. The molecule has 268 valence electrons. The van der Waals surface area contributed by atoms with Crippen molar-refractivity contribution >= 4 is 86.2 Å². The minimum Gasteiger partial charge on any atom is -0.496 e. The first-order chi connectivity index (χ1) is 24.1. The lowest BCUT2D eigenvalue weighted by molar-refractivity contribution is -0.0527. The lowest BCUT2D eigenvalue weighted by Crippen LogP contribution is -2.51. The molecule has 0 saturated carbocycles. The Balaban J connectivity index is 0.000000209. The molecule has 0 atom stereocenters. The maximum atomic E-state index is 13.4. The highest BCUT2D eigenvalue weighted by atomic mass is 127. The van der Waals surface area contributed by atoms with Gasteiger partial charge in [-0.2, -0.15) is 0 Å². The van der Waals surface area contributed by atoms with Gasteiger partial charge in [0.15, 0.2) is 0 Å². The van der Waals surface area contributed by atoms with Crippen molar-refractivity contribution in [1.82, 2.24) is 10.2 Å². The summed E-state index contributed by atoms with van der Waals surface area (Å²) in [4.78, 5) is 40.0. The molecule has 0 aromatic heterocycles. The van der Waals surface area contributed by atoms with Crippen LogP contribution in [0.5, 0.6) is 11.5 Å². The van der Waals surface area contributed by atoms with Crippen LogP contribution >= 0.6 is 57.6 Å². The van der Waals surface area contributed by atoms with E-state index < -0.39 is 5.60 Å². The van der Waals surface area contributed by atoms with Gasteiger partial charge in [-0.05, 0) is 112 Å². The first-order valence-corrected chi connectivity index (χ1v) is 19.0. The molecule has 9 nitrogen and oxygen atoms in total. The van der Waals surface area contributed by atoms with Gasteiger partial charge >= 0.3 is 11.9 Å². The Morgan fingerprint density at radius 1 is 0.725 bits per heavy atom. The molecule has 4 heterocycles. The van der Waals surface area contributed by atoms with Crippen molar-refractivity contribution in [2.45, 2.75) is 49.7 Å². The van der Waals surface area contributed by atoms with E-state index in [1.54, 1.807) is 20.3 Å². The van der Waals surface area contributed by atoms with Crippen molar-refractivity contribution in [2.75, 3.05) is 40.4 Å². The number of carbonyl (C=O) groups is 3. The molecule has 2 fully saturated rings. The Kier molecular flexibility index (Phi) is 11.4. The molecule has 0 unspecified atom stereocenters. The average Bonchev–Trinajstić information content (AvgIpc) is 3.12. The van der Waals surface area contributed by atoms with Gasteiger partial charge in [-0.1, -0.05) is 24.3 Å². The molecule has 12 heteroatoms. The molecule has 4 aliphatic heterocycles. The second kappa shape index (κ2) is 15.5. The maximum Gasteiger partial charge on any atom is 0.339 e. The van der Waals surface area contributed by atoms with Crippen LogP contribution in [0.15, 0.2) is 66.7 Å². The number of ether oxygens (including phenoxy) is 4. The number of nitrogens with one attached hydrogen (secondary N) is 1. The number of esters is 2. The van der Waals surface area contributed by atoms with Gasteiger partial charge in [0.2, 0.25) is 0 Å². The molecule has 4 aromatic rings. The Labute approximate surface area is 330 Å². The quantitative estimate of drug-likeness (QED) is 0.168. The third-order valence-electron chi connectivity index (χ3n) is 10.3. The van der Waals surface area contributed by atoms with Crippen LogP contribution in [-0.4, -0.2) is 74.3 Å². The minimum absolute atomic E-state index is 0. The van der Waals surface area contributed by atoms with Gasteiger partial charge in [0.25, 0.3) is 5.91 Å². The lowest BCUT2D eigenvalue weighted by atomic mass is 9.81. The summed E-state index contributed by atoms with van der Waals surface area (Å²) in [5.74, 6) is 0.858. The fourth-order valence-electron chi connectivity index (χ4n) is 7.59. The molecule has 2 spiro atoms. The molecule has 51 heavy (non-hydrogen) atoms. The van der Waals surface area contributed by atoms with Crippen LogP contribution in [0.25, 0.3) is 10.8 Å².